The Morgan fingerprint density at radius 3 is 2.81 bits per heavy atom. The highest BCUT2D eigenvalue weighted by Gasteiger charge is 2.09. The number of rotatable bonds is 5. The Balaban J connectivity index is 2.89. The predicted molar refractivity (Wildman–Crippen MR) is 58.1 cm³/mol. The molecule has 7 heteroatoms. The molecule has 0 saturated heterocycles. The Bertz CT molecular complexity index is 409. The van der Waals surface area contributed by atoms with Crippen LogP contribution >= 0.6 is 0 Å². The van der Waals surface area contributed by atoms with Crippen molar-refractivity contribution in [2.24, 2.45) is 0 Å². The number of carbonyl (C=O) groups excluding carboxylic acids is 1. The van der Waals surface area contributed by atoms with E-state index >= 15 is 0 Å². The highest BCUT2D eigenvalue weighted by atomic mass is 32.2. The predicted octanol–water partition coefficient (Wildman–Crippen LogP) is 0.366. The fraction of sp³-hybridized carbons (Fsp3) is 0.222. The van der Waals surface area contributed by atoms with Crippen molar-refractivity contribution in [2.45, 2.75) is 0 Å². The van der Waals surface area contributed by atoms with Gasteiger partial charge in [0.25, 0.3) is 0 Å². The fourth-order valence-electron chi connectivity index (χ4n) is 1.11. The van der Waals surface area contributed by atoms with Crippen molar-refractivity contribution < 1.29 is 22.9 Å². The van der Waals surface area contributed by atoms with Crippen LogP contribution in [0.15, 0.2) is 24.3 Å². The molecule has 0 aliphatic carbocycles. The van der Waals surface area contributed by atoms with Crippen molar-refractivity contribution in [3.05, 3.63) is 29.8 Å². The van der Waals surface area contributed by atoms with E-state index in [-0.39, 0.29) is 0 Å². The molecule has 1 rings (SSSR count). The first-order valence-electron chi connectivity index (χ1n) is 4.31. The van der Waals surface area contributed by atoms with Crippen molar-refractivity contribution in [2.75, 3.05) is 18.7 Å². The average Bonchev–Trinajstić information content (AvgIpc) is 2.27. The number of aliphatic hydroxyl groups is 1. The number of ketones is 1. The third-order valence-corrected chi connectivity index (χ3v) is 2.20. The standard InChI is InChI=1S/C9H11NO5S/c1-10(15-16(13)14)8-4-2-3-7(5-8)9(12)6-11/h2-5,11H,6H2,1H3,(H,13,14). The first-order valence-corrected chi connectivity index (χ1v) is 5.35. The zero-order valence-corrected chi connectivity index (χ0v) is 9.31. The lowest BCUT2D eigenvalue weighted by molar-refractivity contribution is 0.0904. The lowest BCUT2D eigenvalue weighted by atomic mass is 10.1. The Labute approximate surface area is 94.9 Å². The summed E-state index contributed by atoms with van der Waals surface area (Å²) in [6.45, 7) is -0.583. The molecule has 6 nitrogen and oxygen atoms in total. The third kappa shape index (κ3) is 3.38. The molecule has 16 heavy (non-hydrogen) atoms. The number of hydrogen-bond acceptors (Lipinski definition) is 5. The van der Waals surface area contributed by atoms with Crippen LogP contribution in [0.1, 0.15) is 10.4 Å². The first-order chi connectivity index (χ1) is 7.54. The minimum atomic E-state index is -2.42. The topological polar surface area (TPSA) is 87.1 Å². The molecule has 0 aromatic heterocycles. The van der Waals surface area contributed by atoms with Gasteiger partial charge in [-0.05, 0) is 12.1 Å². The van der Waals surface area contributed by atoms with Crippen molar-refractivity contribution >= 4 is 22.8 Å². The van der Waals surface area contributed by atoms with E-state index in [9.17, 15) is 9.00 Å². The number of aliphatic hydroxyl groups excluding tert-OH is 1. The van der Waals surface area contributed by atoms with Gasteiger partial charge in [-0.2, -0.15) is 4.21 Å². The summed E-state index contributed by atoms with van der Waals surface area (Å²) in [6.07, 6.45) is 0. The smallest absolute Gasteiger partial charge is 0.325 e. The Kier molecular flexibility index (Phi) is 4.56. The maximum absolute atomic E-state index is 11.2. The number of hydroxylamine groups is 1. The van der Waals surface area contributed by atoms with Crippen LogP contribution in [0, 0.1) is 0 Å². The van der Waals surface area contributed by atoms with Gasteiger partial charge in [-0.25, -0.2) is 5.06 Å². The SMILES string of the molecule is CN(OS(=O)O)c1cccc(C(=O)CO)c1. The van der Waals surface area contributed by atoms with Gasteiger partial charge in [-0.1, -0.05) is 12.1 Å². The number of benzene rings is 1. The van der Waals surface area contributed by atoms with E-state index in [1.54, 1.807) is 12.1 Å². The Hall–Kier alpha value is -1.28. The Morgan fingerprint density at radius 2 is 2.25 bits per heavy atom. The molecular weight excluding hydrogens is 234 g/mol. The van der Waals surface area contributed by atoms with E-state index in [2.05, 4.69) is 4.28 Å². The van der Waals surface area contributed by atoms with Crippen molar-refractivity contribution in [1.29, 1.82) is 0 Å². The maximum atomic E-state index is 11.2. The van der Waals surface area contributed by atoms with Crippen LogP contribution in [-0.2, 0) is 15.6 Å². The van der Waals surface area contributed by atoms with Gasteiger partial charge < -0.3 is 5.11 Å². The molecule has 0 fully saturated rings. The molecule has 0 radical (unpaired) electrons. The van der Waals surface area contributed by atoms with Gasteiger partial charge >= 0.3 is 11.4 Å². The molecule has 0 spiro atoms. The fourth-order valence-corrected chi connectivity index (χ4v) is 1.38. The van der Waals surface area contributed by atoms with Crippen LogP contribution in [0.3, 0.4) is 0 Å². The molecule has 0 amide bonds. The van der Waals surface area contributed by atoms with E-state index in [1.807, 2.05) is 0 Å². The van der Waals surface area contributed by atoms with E-state index < -0.39 is 23.8 Å². The van der Waals surface area contributed by atoms with E-state index in [0.717, 1.165) is 5.06 Å². The molecule has 1 aromatic carbocycles. The van der Waals surface area contributed by atoms with Crippen LogP contribution in [0.2, 0.25) is 0 Å². The molecular formula is C9H11NO5S. The maximum Gasteiger partial charge on any atom is 0.325 e. The summed E-state index contributed by atoms with van der Waals surface area (Å²) in [5, 5.41) is 9.74. The molecule has 0 heterocycles. The van der Waals surface area contributed by atoms with Gasteiger partial charge in [0.2, 0.25) is 0 Å². The summed E-state index contributed by atoms with van der Waals surface area (Å²) >= 11 is -2.42. The number of hydrogen-bond donors (Lipinski definition) is 2. The van der Waals surface area contributed by atoms with Gasteiger partial charge in [0.1, 0.15) is 6.61 Å². The number of carbonyl (C=O) groups is 1. The first kappa shape index (κ1) is 12.8. The van der Waals surface area contributed by atoms with Crippen molar-refractivity contribution in [3.63, 3.8) is 0 Å². The second kappa shape index (κ2) is 5.71. The molecule has 2 N–H and O–H groups in total. The summed E-state index contributed by atoms with van der Waals surface area (Å²) in [7, 11) is 1.43. The Morgan fingerprint density at radius 1 is 1.56 bits per heavy atom. The number of nitrogens with zero attached hydrogens (tertiary/aromatic N) is 1. The highest BCUT2D eigenvalue weighted by Crippen LogP contribution is 2.15. The lowest BCUT2D eigenvalue weighted by Crippen LogP contribution is -2.19. The summed E-state index contributed by atoms with van der Waals surface area (Å²) in [5.41, 5.74) is 0.737. The molecule has 0 bridgehead atoms. The molecule has 1 atom stereocenters. The van der Waals surface area contributed by atoms with Crippen molar-refractivity contribution in [1.82, 2.24) is 0 Å². The summed E-state index contributed by atoms with van der Waals surface area (Å²) in [6, 6.07) is 6.16. The normalized spacial score (nSPS) is 12.2. The molecule has 0 aliphatic rings. The molecule has 1 unspecified atom stereocenters. The highest BCUT2D eigenvalue weighted by molar-refractivity contribution is 7.74. The van der Waals surface area contributed by atoms with Gasteiger partial charge in [0.05, 0.1) is 5.69 Å². The quantitative estimate of drug-likeness (QED) is 0.442. The van der Waals surface area contributed by atoms with Crippen LogP contribution in [-0.4, -0.2) is 33.3 Å². The summed E-state index contributed by atoms with van der Waals surface area (Å²) in [4.78, 5) is 11.2. The second-order valence-corrected chi connectivity index (χ2v) is 3.50. The van der Waals surface area contributed by atoms with Gasteiger partial charge in [-0.15, -0.1) is 4.28 Å². The molecule has 0 aliphatic heterocycles. The minimum Gasteiger partial charge on any atom is -0.388 e. The van der Waals surface area contributed by atoms with Gasteiger partial charge in [0, 0.05) is 12.6 Å². The number of anilines is 1. The summed E-state index contributed by atoms with van der Waals surface area (Å²) in [5.74, 6) is -0.430. The second-order valence-electron chi connectivity index (χ2n) is 2.92. The third-order valence-electron chi connectivity index (χ3n) is 1.85. The van der Waals surface area contributed by atoms with E-state index in [1.165, 1.54) is 19.2 Å². The van der Waals surface area contributed by atoms with Crippen molar-refractivity contribution in [3.8, 4) is 0 Å². The lowest BCUT2D eigenvalue weighted by Gasteiger charge is -2.15. The van der Waals surface area contributed by atoms with Crippen LogP contribution < -0.4 is 5.06 Å². The van der Waals surface area contributed by atoms with Gasteiger partial charge in [-0.3, -0.25) is 9.35 Å². The molecule has 88 valence electrons. The zero-order chi connectivity index (χ0) is 12.1. The number of Topliss-reactive ketones (excluding diaryl/α,β-unsaturated/α-hetero) is 1. The minimum absolute atomic E-state index is 0.305. The van der Waals surface area contributed by atoms with E-state index in [0.29, 0.717) is 11.3 Å². The van der Waals surface area contributed by atoms with Gasteiger partial charge in [0.15, 0.2) is 5.78 Å². The molecule has 1 aromatic rings. The molecule has 0 saturated carbocycles. The van der Waals surface area contributed by atoms with E-state index in [4.69, 9.17) is 9.66 Å². The van der Waals surface area contributed by atoms with Crippen LogP contribution in [0.4, 0.5) is 5.69 Å². The largest absolute Gasteiger partial charge is 0.388 e. The zero-order valence-electron chi connectivity index (χ0n) is 8.49. The van der Waals surface area contributed by atoms with Crippen LogP contribution in [0.25, 0.3) is 0 Å². The summed E-state index contributed by atoms with van der Waals surface area (Å²) < 4.78 is 23.4. The monoisotopic (exact) mass is 245 g/mol. The van der Waals surface area contributed by atoms with Crippen LogP contribution in [0.5, 0.6) is 0 Å². The average molecular weight is 245 g/mol.